The van der Waals surface area contributed by atoms with E-state index in [1.54, 1.807) is 11.3 Å². The van der Waals surface area contributed by atoms with E-state index in [-0.39, 0.29) is 12.1 Å². The molecule has 0 bridgehead atoms. The van der Waals surface area contributed by atoms with Gasteiger partial charge < -0.3 is 10.2 Å². The van der Waals surface area contributed by atoms with Gasteiger partial charge in [-0.3, -0.25) is 0 Å². The lowest BCUT2D eigenvalue weighted by molar-refractivity contribution is 0.164. The number of aromatic nitrogens is 1. The molecule has 0 unspecified atom stereocenters. The fourth-order valence-corrected chi connectivity index (χ4v) is 4.28. The molecule has 0 aliphatic heterocycles. The van der Waals surface area contributed by atoms with Crippen molar-refractivity contribution in [3.05, 3.63) is 16.1 Å². The van der Waals surface area contributed by atoms with Crippen molar-refractivity contribution < 1.29 is 4.79 Å². The highest BCUT2D eigenvalue weighted by Gasteiger charge is 2.42. The maximum absolute atomic E-state index is 12.7. The molecule has 3 aliphatic carbocycles. The zero-order chi connectivity index (χ0) is 15.3. The summed E-state index contributed by atoms with van der Waals surface area (Å²) < 4.78 is 0. The van der Waals surface area contributed by atoms with Crippen LogP contribution in [0.4, 0.5) is 4.79 Å². The van der Waals surface area contributed by atoms with Crippen molar-refractivity contribution in [2.75, 3.05) is 0 Å². The van der Waals surface area contributed by atoms with Gasteiger partial charge in [-0.15, -0.1) is 11.3 Å². The van der Waals surface area contributed by atoms with Crippen LogP contribution >= 0.6 is 11.3 Å². The van der Waals surface area contributed by atoms with Crippen LogP contribution in [-0.2, 0) is 0 Å². The summed E-state index contributed by atoms with van der Waals surface area (Å²) in [5.41, 5.74) is 1.02. The van der Waals surface area contributed by atoms with Gasteiger partial charge in [0.1, 0.15) is 0 Å². The lowest BCUT2D eigenvalue weighted by atomic mass is 10.2. The highest BCUT2D eigenvalue weighted by atomic mass is 32.1. The summed E-state index contributed by atoms with van der Waals surface area (Å²) >= 11 is 1.75. The summed E-state index contributed by atoms with van der Waals surface area (Å²) in [4.78, 5) is 19.6. The maximum atomic E-state index is 12.7. The third kappa shape index (κ3) is 3.00. The lowest BCUT2D eigenvalue weighted by Gasteiger charge is -2.30. The number of nitrogens with one attached hydrogen (secondary N) is 1. The first kappa shape index (κ1) is 14.5. The normalized spacial score (nSPS) is 23.9. The first-order chi connectivity index (χ1) is 10.6. The molecule has 4 rings (SSSR count). The third-order valence-corrected chi connectivity index (χ3v) is 6.19. The highest BCUT2D eigenvalue weighted by molar-refractivity contribution is 7.09. The van der Waals surface area contributed by atoms with E-state index in [9.17, 15) is 4.79 Å². The summed E-state index contributed by atoms with van der Waals surface area (Å²) in [6.07, 6.45) is 7.46. The van der Waals surface area contributed by atoms with Crippen molar-refractivity contribution in [1.82, 2.24) is 15.2 Å². The average Bonchev–Trinajstić information content (AvgIpc) is 3.33. The summed E-state index contributed by atoms with van der Waals surface area (Å²) in [7, 11) is 0. The van der Waals surface area contributed by atoms with Gasteiger partial charge in [0.15, 0.2) is 0 Å². The molecule has 3 aliphatic rings. The molecule has 4 nitrogen and oxygen atoms in total. The van der Waals surface area contributed by atoms with Gasteiger partial charge in [0.05, 0.1) is 16.7 Å². The summed E-state index contributed by atoms with van der Waals surface area (Å²) in [6.45, 7) is 4.27. The number of hydrogen-bond acceptors (Lipinski definition) is 3. The Bertz CT molecular complexity index is 560. The second-order valence-electron chi connectivity index (χ2n) is 7.27. The predicted octanol–water partition coefficient (Wildman–Crippen LogP) is 4.05. The minimum absolute atomic E-state index is 0.00361. The van der Waals surface area contributed by atoms with Gasteiger partial charge in [-0.2, -0.15) is 0 Å². The van der Waals surface area contributed by atoms with Gasteiger partial charge >= 0.3 is 6.03 Å². The SMILES string of the molecule is C[C@H](NC(=O)N(C1CC1)[C@H](C)C1CC1)c1csc(C2CC2)n1. The monoisotopic (exact) mass is 319 g/mol. The van der Waals surface area contributed by atoms with E-state index in [0.717, 1.165) is 11.6 Å². The second-order valence-corrected chi connectivity index (χ2v) is 8.16. The molecule has 1 aromatic heterocycles. The molecule has 3 fully saturated rings. The molecule has 2 atom stereocenters. The van der Waals surface area contributed by atoms with Crippen LogP contribution in [0.3, 0.4) is 0 Å². The molecule has 0 saturated heterocycles. The number of amides is 2. The topological polar surface area (TPSA) is 45.2 Å². The van der Waals surface area contributed by atoms with E-state index in [0.29, 0.717) is 18.0 Å². The van der Waals surface area contributed by atoms with Crippen molar-refractivity contribution in [2.45, 2.75) is 76.4 Å². The van der Waals surface area contributed by atoms with E-state index >= 15 is 0 Å². The summed E-state index contributed by atoms with van der Waals surface area (Å²) in [5.74, 6) is 1.42. The Morgan fingerprint density at radius 3 is 2.59 bits per heavy atom. The smallest absolute Gasteiger partial charge is 0.318 e. The molecule has 3 saturated carbocycles. The zero-order valence-corrected chi connectivity index (χ0v) is 14.2. The molecule has 120 valence electrons. The van der Waals surface area contributed by atoms with Crippen LogP contribution in [0.15, 0.2) is 5.38 Å². The largest absolute Gasteiger partial charge is 0.330 e. The van der Waals surface area contributed by atoms with Crippen LogP contribution in [0.2, 0.25) is 0 Å². The van der Waals surface area contributed by atoms with Crippen molar-refractivity contribution in [1.29, 1.82) is 0 Å². The van der Waals surface area contributed by atoms with Crippen LogP contribution in [0.25, 0.3) is 0 Å². The second kappa shape index (κ2) is 5.52. The number of thiazole rings is 1. The van der Waals surface area contributed by atoms with Gasteiger partial charge in [0.2, 0.25) is 0 Å². The zero-order valence-electron chi connectivity index (χ0n) is 13.4. The molecular formula is C17H25N3OS. The average molecular weight is 319 g/mol. The van der Waals surface area contributed by atoms with E-state index in [1.807, 2.05) is 0 Å². The quantitative estimate of drug-likeness (QED) is 0.859. The Kier molecular flexibility index (Phi) is 3.63. The highest BCUT2D eigenvalue weighted by Crippen LogP contribution is 2.42. The summed E-state index contributed by atoms with van der Waals surface area (Å²) in [6, 6.07) is 0.969. The number of hydrogen-bond donors (Lipinski definition) is 1. The van der Waals surface area contributed by atoms with Crippen LogP contribution in [0.1, 0.15) is 75.0 Å². The molecule has 22 heavy (non-hydrogen) atoms. The fraction of sp³-hybridized carbons (Fsp3) is 0.765. The Morgan fingerprint density at radius 1 is 1.27 bits per heavy atom. The first-order valence-corrected chi connectivity index (χ1v) is 9.55. The Hall–Kier alpha value is -1.10. The fourth-order valence-electron chi connectivity index (χ4n) is 3.19. The molecule has 0 aromatic carbocycles. The van der Waals surface area contributed by atoms with Crippen LogP contribution < -0.4 is 5.32 Å². The van der Waals surface area contributed by atoms with E-state index in [2.05, 4.69) is 29.4 Å². The maximum Gasteiger partial charge on any atom is 0.318 e. The molecule has 1 N–H and O–H groups in total. The minimum atomic E-state index is 0.00361. The minimum Gasteiger partial charge on any atom is -0.330 e. The van der Waals surface area contributed by atoms with Crippen LogP contribution in [0, 0.1) is 5.92 Å². The van der Waals surface area contributed by atoms with Gasteiger partial charge in [-0.1, -0.05) is 0 Å². The molecule has 0 radical (unpaired) electrons. The Morgan fingerprint density at radius 2 is 2.00 bits per heavy atom. The molecule has 2 amide bonds. The molecule has 0 spiro atoms. The number of rotatable bonds is 6. The molecule has 5 heteroatoms. The standard InChI is InChI=1S/C17H25N3OS/c1-10(15-9-22-16(19-15)13-5-6-13)18-17(21)20(14-7-8-14)11(2)12-3-4-12/h9-14H,3-8H2,1-2H3,(H,18,21)/t10-,11+/m0/s1. The van der Waals surface area contributed by atoms with Crippen molar-refractivity contribution in [3.63, 3.8) is 0 Å². The number of carbonyl (C=O) groups is 1. The van der Waals surface area contributed by atoms with Crippen molar-refractivity contribution in [3.8, 4) is 0 Å². The Labute approximate surface area is 136 Å². The van der Waals surface area contributed by atoms with Crippen molar-refractivity contribution >= 4 is 17.4 Å². The van der Waals surface area contributed by atoms with Gasteiger partial charge in [-0.05, 0) is 58.3 Å². The molecular weight excluding hydrogens is 294 g/mol. The number of nitrogens with zero attached hydrogens (tertiary/aromatic N) is 2. The van der Waals surface area contributed by atoms with Gasteiger partial charge in [0.25, 0.3) is 0 Å². The van der Waals surface area contributed by atoms with Crippen LogP contribution in [-0.4, -0.2) is 28.0 Å². The number of urea groups is 1. The van der Waals surface area contributed by atoms with Gasteiger partial charge in [-0.25, -0.2) is 9.78 Å². The molecule has 1 aromatic rings. The van der Waals surface area contributed by atoms with E-state index in [4.69, 9.17) is 4.98 Å². The molecule has 1 heterocycles. The predicted molar refractivity (Wildman–Crippen MR) is 88.1 cm³/mol. The van der Waals surface area contributed by atoms with Crippen LogP contribution in [0.5, 0.6) is 0 Å². The van der Waals surface area contributed by atoms with E-state index < -0.39 is 0 Å². The number of carbonyl (C=O) groups excluding carboxylic acids is 1. The lowest BCUT2D eigenvalue weighted by Crippen LogP contribution is -2.47. The van der Waals surface area contributed by atoms with Crippen molar-refractivity contribution in [2.24, 2.45) is 5.92 Å². The first-order valence-electron chi connectivity index (χ1n) is 8.67. The Balaban J connectivity index is 1.40. The van der Waals surface area contributed by atoms with Gasteiger partial charge in [0, 0.05) is 23.4 Å². The third-order valence-electron chi connectivity index (χ3n) is 5.17. The van der Waals surface area contributed by atoms with E-state index in [1.165, 1.54) is 43.5 Å². The summed E-state index contributed by atoms with van der Waals surface area (Å²) in [5, 5.41) is 6.55.